The Morgan fingerprint density at radius 1 is 1.58 bits per heavy atom. The summed E-state index contributed by atoms with van der Waals surface area (Å²) in [4.78, 5) is 15.9. The highest BCUT2D eigenvalue weighted by Gasteiger charge is 2.15. The summed E-state index contributed by atoms with van der Waals surface area (Å²) in [5.74, 6) is -0.376. The van der Waals surface area contributed by atoms with Crippen LogP contribution in [0.1, 0.15) is 16.6 Å². The monoisotopic (exact) mass is 300 g/mol. The molecule has 2 aromatic rings. The second-order valence-electron chi connectivity index (χ2n) is 3.62. The first-order valence-corrected chi connectivity index (χ1v) is 6.95. The van der Waals surface area contributed by atoms with Gasteiger partial charge in [0, 0.05) is 12.4 Å². The van der Waals surface area contributed by atoms with Crippen LogP contribution < -0.4 is 4.74 Å². The molecule has 0 radical (unpaired) electrons. The van der Waals surface area contributed by atoms with Crippen molar-refractivity contribution in [3.8, 4) is 5.06 Å². The van der Waals surface area contributed by atoms with Gasteiger partial charge in [0.25, 0.3) is 0 Å². The number of rotatable bonds is 6. The first-order chi connectivity index (χ1) is 9.20. The fourth-order valence-corrected chi connectivity index (χ4v) is 2.58. The van der Waals surface area contributed by atoms with E-state index in [9.17, 15) is 4.79 Å². The minimum Gasteiger partial charge on any atom is -0.481 e. The summed E-state index contributed by atoms with van der Waals surface area (Å²) in [5, 5.41) is 0.962. The van der Waals surface area contributed by atoms with E-state index in [1.165, 1.54) is 11.3 Å². The van der Waals surface area contributed by atoms with Crippen LogP contribution in [0.5, 0.6) is 5.06 Å². The van der Waals surface area contributed by atoms with Gasteiger partial charge in [-0.05, 0) is 13.0 Å². The quantitative estimate of drug-likeness (QED) is 0.770. The number of ether oxygens (including phenoxy) is 2. The summed E-state index contributed by atoms with van der Waals surface area (Å²) in [5.41, 5.74) is 0. The first-order valence-electron chi connectivity index (χ1n) is 5.75. The number of esters is 1. The van der Waals surface area contributed by atoms with Gasteiger partial charge in [-0.3, -0.25) is 0 Å². The first kappa shape index (κ1) is 13.9. The van der Waals surface area contributed by atoms with E-state index in [2.05, 4.69) is 4.98 Å². The van der Waals surface area contributed by atoms with Crippen molar-refractivity contribution >= 4 is 28.9 Å². The van der Waals surface area contributed by atoms with Crippen LogP contribution in [0.25, 0.3) is 0 Å². The largest absolute Gasteiger partial charge is 0.481 e. The number of nitrogens with zero attached hydrogens (tertiary/aromatic N) is 2. The predicted molar refractivity (Wildman–Crippen MR) is 73.0 cm³/mol. The normalized spacial score (nSPS) is 10.4. The second-order valence-corrected chi connectivity index (χ2v) is 5.04. The van der Waals surface area contributed by atoms with Gasteiger partial charge in [-0.2, -0.15) is 0 Å². The van der Waals surface area contributed by atoms with E-state index < -0.39 is 0 Å². The van der Waals surface area contributed by atoms with Gasteiger partial charge in [-0.1, -0.05) is 22.9 Å². The van der Waals surface area contributed by atoms with E-state index in [-0.39, 0.29) is 5.97 Å². The standard InChI is InChI=1S/C12H13ClN2O3S/c1-2-17-11(16)10-7-9(13)12(19-10)18-6-5-15-4-3-14-8-15/h3-4,7-8H,2,5-6H2,1H3. The lowest BCUT2D eigenvalue weighted by Crippen LogP contribution is -2.05. The molecule has 19 heavy (non-hydrogen) atoms. The minimum atomic E-state index is -0.376. The van der Waals surface area contributed by atoms with Gasteiger partial charge >= 0.3 is 5.97 Å². The van der Waals surface area contributed by atoms with E-state index in [0.717, 1.165) is 0 Å². The molecule has 0 aliphatic rings. The molecule has 0 unspecified atom stereocenters. The lowest BCUT2D eigenvalue weighted by molar-refractivity contribution is 0.0532. The predicted octanol–water partition coefficient (Wildman–Crippen LogP) is 2.85. The molecular formula is C12H13ClN2O3S. The number of hydrogen-bond acceptors (Lipinski definition) is 5. The molecule has 0 aliphatic carbocycles. The number of imidazole rings is 1. The van der Waals surface area contributed by atoms with E-state index >= 15 is 0 Å². The third kappa shape index (κ3) is 3.71. The van der Waals surface area contributed by atoms with Crippen LogP contribution in [0.15, 0.2) is 24.8 Å². The number of carbonyl (C=O) groups is 1. The van der Waals surface area contributed by atoms with Crippen molar-refractivity contribution < 1.29 is 14.3 Å². The van der Waals surface area contributed by atoms with Crippen molar-refractivity contribution in [3.63, 3.8) is 0 Å². The molecule has 0 aromatic carbocycles. The molecular weight excluding hydrogens is 288 g/mol. The minimum absolute atomic E-state index is 0.338. The molecule has 2 heterocycles. The average molecular weight is 301 g/mol. The SMILES string of the molecule is CCOC(=O)c1cc(Cl)c(OCCn2ccnc2)s1. The Bertz CT molecular complexity index is 539. The Morgan fingerprint density at radius 3 is 3.11 bits per heavy atom. The summed E-state index contributed by atoms with van der Waals surface area (Å²) < 4.78 is 12.4. The summed E-state index contributed by atoms with van der Waals surface area (Å²) in [6, 6.07) is 1.57. The molecule has 102 valence electrons. The molecule has 2 rings (SSSR count). The lowest BCUT2D eigenvalue weighted by atomic mass is 10.5. The number of halogens is 1. The Labute approximate surface area is 119 Å². The summed E-state index contributed by atoms with van der Waals surface area (Å²) in [7, 11) is 0. The maximum absolute atomic E-state index is 11.5. The molecule has 0 saturated carbocycles. The van der Waals surface area contributed by atoms with Gasteiger partial charge in [0.2, 0.25) is 0 Å². The summed E-state index contributed by atoms with van der Waals surface area (Å²) >= 11 is 7.20. The van der Waals surface area contributed by atoms with Crippen molar-refractivity contribution in [3.05, 3.63) is 34.7 Å². The zero-order valence-electron chi connectivity index (χ0n) is 10.3. The molecule has 0 fully saturated rings. The average Bonchev–Trinajstić information content (AvgIpc) is 3.00. The lowest BCUT2D eigenvalue weighted by Gasteiger charge is -2.04. The topological polar surface area (TPSA) is 53.4 Å². The summed E-state index contributed by atoms with van der Waals surface area (Å²) in [6.07, 6.45) is 5.27. The van der Waals surface area contributed by atoms with E-state index in [1.807, 2.05) is 10.8 Å². The van der Waals surface area contributed by atoms with Crippen LogP contribution in [0.4, 0.5) is 0 Å². The van der Waals surface area contributed by atoms with Gasteiger partial charge in [-0.25, -0.2) is 9.78 Å². The van der Waals surface area contributed by atoms with Crippen LogP contribution >= 0.6 is 22.9 Å². The van der Waals surface area contributed by atoms with Gasteiger partial charge in [0.1, 0.15) is 11.5 Å². The number of hydrogen-bond donors (Lipinski definition) is 0. The van der Waals surface area contributed by atoms with Crippen LogP contribution in [0.3, 0.4) is 0 Å². The fraction of sp³-hybridized carbons (Fsp3) is 0.333. The van der Waals surface area contributed by atoms with Crippen LogP contribution in [-0.4, -0.2) is 28.7 Å². The third-order valence-electron chi connectivity index (χ3n) is 2.27. The van der Waals surface area contributed by atoms with Crippen molar-refractivity contribution in [1.29, 1.82) is 0 Å². The van der Waals surface area contributed by atoms with E-state index in [1.54, 1.807) is 25.5 Å². The molecule has 0 bridgehead atoms. The molecule has 0 spiro atoms. The highest BCUT2D eigenvalue weighted by molar-refractivity contribution is 7.16. The van der Waals surface area contributed by atoms with Gasteiger partial charge < -0.3 is 14.0 Å². The van der Waals surface area contributed by atoms with E-state index in [0.29, 0.717) is 34.7 Å². The Morgan fingerprint density at radius 2 is 2.42 bits per heavy atom. The van der Waals surface area contributed by atoms with Crippen molar-refractivity contribution in [1.82, 2.24) is 9.55 Å². The molecule has 0 N–H and O–H groups in total. The Kier molecular flexibility index (Phi) is 4.81. The molecule has 0 amide bonds. The van der Waals surface area contributed by atoms with Gasteiger partial charge in [0.15, 0.2) is 5.06 Å². The van der Waals surface area contributed by atoms with Crippen molar-refractivity contribution in [2.45, 2.75) is 13.5 Å². The number of carbonyl (C=O) groups excluding carboxylic acids is 1. The van der Waals surface area contributed by atoms with Crippen LogP contribution in [0.2, 0.25) is 5.02 Å². The Balaban J connectivity index is 1.91. The van der Waals surface area contributed by atoms with Crippen LogP contribution in [0, 0.1) is 0 Å². The molecule has 0 atom stereocenters. The molecule has 5 nitrogen and oxygen atoms in total. The highest BCUT2D eigenvalue weighted by Crippen LogP contribution is 2.35. The van der Waals surface area contributed by atoms with Gasteiger partial charge in [0.05, 0.1) is 24.5 Å². The number of aromatic nitrogens is 2. The third-order valence-corrected chi connectivity index (χ3v) is 3.69. The molecule has 7 heteroatoms. The zero-order chi connectivity index (χ0) is 13.7. The molecule has 0 saturated heterocycles. The highest BCUT2D eigenvalue weighted by atomic mass is 35.5. The maximum Gasteiger partial charge on any atom is 0.348 e. The number of thiophene rings is 1. The fourth-order valence-electron chi connectivity index (χ4n) is 1.42. The second kappa shape index (κ2) is 6.58. The van der Waals surface area contributed by atoms with Gasteiger partial charge in [-0.15, -0.1) is 0 Å². The Hall–Kier alpha value is -1.53. The van der Waals surface area contributed by atoms with Crippen molar-refractivity contribution in [2.75, 3.05) is 13.2 Å². The van der Waals surface area contributed by atoms with E-state index in [4.69, 9.17) is 21.1 Å². The zero-order valence-corrected chi connectivity index (χ0v) is 11.9. The summed E-state index contributed by atoms with van der Waals surface area (Å²) in [6.45, 7) is 3.22. The molecule has 0 aliphatic heterocycles. The smallest absolute Gasteiger partial charge is 0.348 e. The molecule has 2 aromatic heterocycles. The maximum atomic E-state index is 11.5. The van der Waals surface area contributed by atoms with Crippen molar-refractivity contribution in [2.24, 2.45) is 0 Å². The van der Waals surface area contributed by atoms with Crippen LogP contribution in [-0.2, 0) is 11.3 Å².